The summed E-state index contributed by atoms with van der Waals surface area (Å²) in [5, 5.41) is 176. The van der Waals surface area contributed by atoms with Crippen molar-refractivity contribution in [2.75, 3.05) is 19.8 Å². The van der Waals surface area contributed by atoms with Gasteiger partial charge in [0.15, 0.2) is 31.3 Å². The van der Waals surface area contributed by atoms with Crippen LogP contribution in [0, 0.1) is 50.7 Å². The minimum absolute atomic E-state index is 0.0649. The molecule has 0 aromatic rings. The van der Waals surface area contributed by atoms with Crippen LogP contribution in [0.15, 0.2) is 11.6 Å². The average Bonchev–Trinajstić information content (AvgIpc) is 3.01. The summed E-state index contributed by atoms with van der Waals surface area (Å²) in [5.74, 6) is -2.21. The monoisotopic (exact) mass is 1120 g/mol. The normalized spacial score (nSPS) is 54.9. The van der Waals surface area contributed by atoms with E-state index in [1.54, 1.807) is 0 Å². The van der Waals surface area contributed by atoms with Crippen molar-refractivity contribution in [3.8, 4) is 0 Å². The number of fused-ring (bicyclic) bond motifs is 7. The smallest absolute Gasteiger partial charge is 0.335 e. The molecule has 8 fully saturated rings. The Morgan fingerprint density at radius 1 is 0.577 bits per heavy atom. The van der Waals surface area contributed by atoms with Gasteiger partial charge in [0.05, 0.1) is 55.8 Å². The number of hydrogen-bond acceptors (Lipinski definition) is 24. The molecule has 0 aromatic heterocycles. The van der Waals surface area contributed by atoms with Crippen LogP contribution < -0.4 is 0 Å². The van der Waals surface area contributed by atoms with Crippen molar-refractivity contribution in [2.45, 2.75) is 241 Å². The second-order valence-electron chi connectivity index (χ2n) is 25.9. The molecule has 4 saturated heterocycles. The molecule has 78 heavy (non-hydrogen) atoms. The fourth-order valence-corrected chi connectivity index (χ4v) is 16.4. The van der Waals surface area contributed by atoms with Crippen LogP contribution in [0.5, 0.6) is 0 Å². The molecule has 0 bridgehead atoms. The number of allylic oxidation sites excluding steroid dienone is 2. The molecule has 0 amide bonds. The lowest BCUT2D eigenvalue weighted by molar-refractivity contribution is -0.406. The fourth-order valence-electron chi connectivity index (χ4n) is 16.4. The van der Waals surface area contributed by atoms with E-state index in [9.17, 15) is 86.5 Å². The number of ether oxygens (including phenoxy) is 8. The first-order valence-corrected chi connectivity index (χ1v) is 27.6. The van der Waals surface area contributed by atoms with Crippen LogP contribution in [0.4, 0.5) is 0 Å². The molecule has 9 rings (SSSR count). The van der Waals surface area contributed by atoms with E-state index >= 15 is 0 Å². The highest BCUT2D eigenvalue weighted by Crippen LogP contribution is 2.72. The minimum Gasteiger partial charge on any atom is -0.479 e. The maximum absolute atomic E-state index is 13.1. The van der Waals surface area contributed by atoms with Crippen molar-refractivity contribution in [1.29, 1.82) is 0 Å². The van der Waals surface area contributed by atoms with E-state index in [1.807, 2.05) is 27.7 Å². The van der Waals surface area contributed by atoms with Gasteiger partial charge in [-0.2, -0.15) is 0 Å². The SMILES string of the molecule is C[C@@H]1O[C@@H](O[C@H]2[C@H](O[C@H]3[C@H](O)[C@@H](C(=O)O)O[C@@H](O[C@H]4CC[C@@]5(C)C(CC[C@@]6(C)C7C[C@@H](O)C8(CO)C(CC(C)(C)[C@H](O)[C@H]8O)C7=CCC65)C4(C)C)[C@@H]3O[C@@H]3O[C@H](CO)[C@@H](O)[C@H](O)[C@H]3O)O[C@H](CO)[C@H](O)[C@@H]2O)[C@H](O)[C@H](O)[C@H]1O. The van der Waals surface area contributed by atoms with Crippen molar-refractivity contribution in [3.05, 3.63) is 11.6 Å². The standard InChI is InChI=1S/C53H86O25/c1-19-29(58)32(61)35(64)45(71-19)77-40-34(63)31(60)24(17-55)73-47(40)75-38-37(66)39(44(69)70)76-48(41(38)78-46-36(65)33(62)30(59)23(16-54)72-46)74-28-11-13-52(7)25(50(28,4)5)10-12-51(6)21-14-27(57)53(18-56)22(20(21)8-9-26(51)52)15-49(2,3)42(67)43(53)68/h8,19,21-43,45-48,54-68H,9-18H2,1-7H3,(H,69,70)/t19-,21?,22?,23+,24+,25?,26?,27+,28-,29-,30+,31-,32+,33-,34-,35+,36+,37-,38-,39-,40+,41+,42+,43+,45-,46-,47-,48+,51-,52-,53?/m0/s1. The third-order valence-electron chi connectivity index (χ3n) is 21.0. The lowest BCUT2D eigenvalue weighted by Crippen LogP contribution is -2.70. The Kier molecular flexibility index (Phi) is 17.2. The van der Waals surface area contributed by atoms with Gasteiger partial charge in [0.25, 0.3) is 0 Å². The summed E-state index contributed by atoms with van der Waals surface area (Å²) in [4.78, 5) is 13.1. The molecule has 4 aliphatic heterocycles. The number of aliphatic carboxylic acids is 1. The molecule has 0 spiro atoms. The highest BCUT2D eigenvalue weighted by atomic mass is 16.8. The summed E-state index contributed by atoms with van der Waals surface area (Å²) >= 11 is 0. The number of carboxylic acid groups (broad SMARTS) is 1. The Balaban J connectivity index is 1.04. The largest absolute Gasteiger partial charge is 0.479 e. The second kappa shape index (κ2) is 22.0. The van der Waals surface area contributed by atoms with E-state index in [4.69, 9.17) is 37.9 Å². The maximum Gasteiger partial charge on any atom is 0.335 e. The number of aliphatic hydroxyl groups is 15. The van der Waals surface area contributed by atoms with Crippen LogP contribution in [-0.2, 0) is 42.7 Å². The lowest BCUT2D eigenvalue weighted by Gasteiger charge is -2.69. The summed E-state index contributed by atoms with van der Waals surface area (Å²) in [6.07, 6.45) is -36.1. The zero-order chi connectivity index (χ0) is 57.3. The zero-order valence-electron chi connectivity index (χ0n) is 45.1. The lowest BCUT2D eigenvalue weighted by atomic mass is 9.36. The molecule has 25 nitrogen and oxygen atoms in total. The minimum atomic E-state index is -2.26. The molecule has 5 aliphatic carbocycles. The van der Waals surface area contributed by atoms with Crippen molar-refractivity contribution in [1.82, 2.24) is 0 Å². The summed E-state index contributed by atoms with van der Waals surface area (Å²) in [6.45, 7) is 11.4. The van der Waals surface area contributed by atoms with E-state index in [0.29, 0.717) is 38.5 Å². The third kappa shape index (κ3) is 9.66. The van der Waals surface area contributed by atoms with Gasteiger partial charge >= 0.3 is 5.97 Å². The Labute approximate surface area is 452 Å². The molecule has 4 saturated carbocycles. The third-order valence-corrected chi connectivity index (χ3v) is 21.0. The zero-order valence-corrected chi connectivity index (χ0v) is 45.1. The highest BCUT2D eigenvalue weighted by molar-refractivity contribution is 5.73. The van der Waals surface area contributed by atoms with Gasteiger partial charge in [0.2, 0.25) is 0 Å². The molecule has 448 valence electrons. The Morgan fingerprint density at radius 3 is 1.74 bits per heavy atom. The van der Waals surface area contributed by atoms with Crippen LogP contribution in [0.3, 0.4) is 0 Å². The van der Waals surface area contributed by atoms with E-state index in [2.05, 4.69) is 19.9 Å². The topological polar surface area (TPSA) is 415 Å². The molecule has 25 heteroatoms. The number of aliphatic hydroxyl groups excluding tert-OH is 15. The predicted octanol–water partition coefficient (Wildman–Crippen LogP) is -3.92. The van der Waals surface area contributed by atoms with Gasteiger partial charge < -0.3 is 120 Å². The number of hydrogen-bond donors (Lipinski definition) is 16. The predicted molar refractivity (Wildman–Crippen MR) is 261 cm³/mol. The van der Waals surface area contributed by atoms with Crippen LogP contribution >= 0.6 is 0 Å². The number of carbonyl (C=O) groups is 1. The second-order valence-corrected chi connectivity index (χ2v) is 25.9. The van der Waals surface area contributed by atoms with E-state index < -0.39 is 189 Å². The van der Waals surface area contributed by atoms with Gasteiger partial charge in [0, 0.05) is 0 Å². The van der Waals surface area contributed by atoms with Crippen LogP contribution in [-0.4, -0.2) is 255 Å². The first kappa shape index (κ1) is 60.9. The summed E-state index contributed by atoms with van der Waals surface area (Å²) in [7, 11) is 0. The van der Waals surface area contributed by atoms with Crippen molar-refractivity contribution in [3.63, 3.8) is 0 Å². The van der Waals surface area contributed by atoms with Gasteiger partial charge in [-0.25, -0.2) is 4.79 Å². The maximum atomic E-state index is 13.1. The van der Waals surface area contributed by atoms with Gasteiger partial charge in [-0.3, -0.25) is 0 Å². The summed E-state index contributed by atoms with van der Waals surface area (Å²) < 4.78 is 48.8. The molecular weight excluding hydrogens is 1040 g/mol. The number of rotatable bonds is 12. The van der Waals surface area contributed by atoms with Gasteiger partial charge in [-0.15, -0.1) is 0 Å². The molecule has 4 heterocycles. The fraction of sp³-hybridized carbons (Fsp3) is 0.943. The Morgan fingerprint density at radius 2 is 1.13 bits per heavy atom. The first-order chi connectivity index (χ1) is 36.5. The molecule has 31 atom stereocenters. The van der Waals surface area contributed by atoms with E-state index in [1.165, 1.54) is 6.92 Å². The molecule has 16 N–H and O–H groups in total. The quantitative estimate of drug-likeness (QED) is 0.0656. The van der Waals surface area contributed by atoms with Crippen molar-refractivity contribution < 1.29 is 124 Å². The highest BCUT2D eigenvalue weighted by Gasteiger charge is 2.70. The summed E-state index contributed by atoms with van der Waals surface area (Å²) in [6, 6.07) is 0. The van der Waals surface area contributed by atoms with Gasteiger partial charge in [-0.1, -0.05) is 53.2 Å². The van der Waals surface area contributed by atoms with Gasteiger partial charge in [0.1, 0.15) is 85.5 Å². The molecule has 5 unspecified atom stereocenters. The van der Waals surface area contributed by atoms with E-state index in [0.717, 1.165) is 5.57 Å². The van der Waals surface area contributed by atoms with Gasteiger partial charge in [-0.05, 0) is 97.2 Å². The molecule has 0 aromatic carbocycles. The van der Waals surface area contributed by atoms with Crippen LogP contribution in [0.1, 0.15) is 93.4 Å². The first-order valence-electron chi connectivity index (χ1n) is 27.6. The van der Waals surface area contributed by atoms with Crippen molar-refractivity contribution in [2.24, 2.45) is 50.7 Å². The molecular formula is C53H86O25. The average molecular weight is 1120 g/mol. The number of carboxylic acids is 1. The Hall–Kier alpha value is -1.71. The van der Waals surface area contributed by atoms with E-state index in [-0.39, 0.29) is 40.9 Å². The summed E-state index contributed by atoms with van der Waals surface area (Å²) in [5.41, 5.74) is -2.42. The van der Waals surface area contributed by atoms with Crippen molar-refractivity contribution >= 4 is 5.97 Å². The van der Waals surface area contributed by atoms with Crippen LogP contribution in [0.2, 0.25) is 0 Å². The molecule has 9 aliphatic rings. The Bertz CT molecular complexity index is 2150. The van der Waals surface area contributed by atoms with Crippen LogP contribution in [0.25, 0.3) is 0 Å². The molecule has 0 radical (unpaired) electrons.